The first-order valence-electron chi connectivity index (χ1n) is 8.92. The highest BCUT2D eigenvalue weighted by Gasteiger charge is 2.37. The summed E-state index contributed by atoms with van der Waals surface area (Å²) >= 11 is 0. The van der Waals surface area contributed by atoms with Gasteiger partial charge in [0.1, 0.15) is 0 Å². The number of hydrogen-bond donors (Lipinski definition) is 1. The van der Waals surface area contributed by atoms with Crippen LogP contribution in [-0.2, 0) is 14.3 Å². The van der Waals surface area contributed by atoms with E-state index in [1.54, 1.807) is 12.1 Å². The van der Waals surface area contributed by atoms with E-state index < -0.39 is 5.82 Å². The summed E-state index contributed by atoms with van der Waals surface area (Å²) in [5.41, 5.74) is -0.0420. The van der Waals surface area contributed by atoms with E-state index in [0.717, 1.165) is 25.7 Å². The van der Waals surface area contributed by atoms with Crippen molar-refractivity contribution in [2.24, 2.45) is 5.41 Å². The second-order valence-corrected chi connectivity index (χ2v) is 6.65. The third-order valence-corrected chi connectivity index (χ3v) is 4.45. The Morgan fingerprint density at radius 1 is 1.32 bits per heavy atom. The Balaban J connectivity index is 1.68. The maximum atomic E-state index is 13.4. The molecule has 1 fully saturated rings. The zero-order valence-corrected chi connectivity index (χ0v) is 15.1. The maximum absolute atomic E-state index is 13.4. The average molecular weight is 353 g/mol. The summed E-state index contributed by atoms with van der Waals surface area (Å²) in [6.45, 7) is 5.97. The standard InChI is InChI=1S/C19H28FNO4/c1-3-9-19(2,18-23-12-13-24-18)10-6-11-21-17(22)14-25-16-8-5-4-7-15(16)20/h4-5,7-8,18H,3,6,9-14H2,1-2H3,(H,21,22)/t19-/m1/s1. The van der Waals surface area contributed by atoms with Crippen LogP contribution in [0.1, 0.15) is 39.5 Å². The summed E-state index contributed by atoms with van der Waals surface area (Å²) < 4.78 is 30.0. The zero-order valence-electron chi connectivity index (χ0n) is 15.1. The minimum absolute atomic E-state index is 0.0420. The molecule has 0 bridgehead atoms. The molecule has 1 aliphatic heterocycles. The van der Waals surface area contributed by atoms with Crippen LogP contribution in [0.5, 0.6) is 5.75 Å². The first-order valence-corrected chi connectivity index (χ1v) is 8.92. The molecule has 25 heavy (non-hydrogen) atoms. The Morgan fingerprint density at radius 3 is 2.72 bits per heavy atom. The van der Waals surface area contributed by atoms with Gasteiger partial charge in [-0.3, -0.25) is 4.79 Å². The second-order valence-electron chi connectivity index (χ2n) is 6.65. The molecule has 1 aromatic rings. The van der Waals surface area contributed by atoms with Crippen molar-refractivity contribution >= 4 is 5.91 Å². The highest BCUT2D eigenvalue weighted by molar-refractivity contribution is 5.77. The van der Waals surface area contributed by atoms with E-state index in [-0.39, 0.29) is 30.0 Å². The largest absolute Gasteiger partial charge is 0.481 e. The van der Waals surface area contributed by atoms with Crippen LogP contribution < -0.4 is 10.1 Å². The topological polar surface area (TPSA) is 56.8 Å². The van der Waals surface area contributed by atoms with E-state index in [9.17, 15) is 9.18 Å². The van der Waals surface area contributed by atoms with Crippen molar-refractivity contribution < 1.29 is 23.4 Å². The smallest absolute Gasteiger partial charge is 0.257 e. The minimum Gasteiger partial charge on any atom is -0.481 e. The Labute approximate surface area is 148 Å². The van der Waals surface area contributed by atoms with Gasteiger partial charge in [0.25, 0.3) is 5.91 Å². The quantitative estimate of drug-likeness (QED) is 0.656. The summed E-state index contributed by atoms with van der Waals surface area (Å²) in [6.07, 6.45) is 3.64. The van der Waals surface area contributed by atoms with Crippen LogP contribution in [0.3, 0.4) is 0 Å². The Hall–Kier alpha value is -1.66. The van der Waals surface area contributed by atoms with Crippen LogP contribution in [0, 0.1) is 11.2 Å². The van der Waals surface area contributed by atoms with Crippen molar-refractivity contribution in [2.45, 2.75) is 45.8 Å². The molecule has 0 aromatic heterocycles. The monoisotopic (exact) mass is 353 g/mol. The lowest BCUT2D eigenvalue weighted by Gasteiger charge is -2.34. The lowest BCUT2D eigenvalue weighted by atomic mass is 9.80. The van der Waals surface area contributed by atoms with Gasteiger partial charge in [-0.15, -0.1) is 0 Å². The Kier molecular flexibility index (Phi) is 7.65. The van der Waals surface area contributed by atoms with Gasteiger partial charge >= 0.3 is 0 Å². The van der Waals surface area contributed by atoms with Gasteiger partial charge in [0.2, 0.25) is 0 Å². The fraction of sp³-hybridized carbons (Fsp3) is 0.632. The van der Waals surface area contributed by atoms with E-state index >= 15 is 0 Å². The van der Waals surface area contributed by atoms with Crippen LogP contribution in [0.15, 0.2) is 24.3 Å². The zero-order chi connectivity index (χ0) is 18.1. The normalized spacial score (nSPS) is 17.2. The number of benzene rings is 1. The molecule has 1 saturated heterocycles. The van der Waals surface area contributed by atoms with Crippen LogP contribution in [-0.4, -0.2) is 38.6 Å². The minimum atomic E-state index is -0.470. The highest BCUT2D eigenvalue weighted by Crippen LogP contribution is 2.37. The number of hydrogen-bond acceptors (Lipinski definition) is 4. The summed E-state index contributed by atoms with van der Waals surface area (Å²) in [5.74, 6) is -0.639. The van der Waals surface area contributed by atoms with Crippen molar-refractivity contribution in [3.8, 4) is 5.75 Å². The number of carbonyl (C=O) groups is 1. The van der Waals surface area contributed by atoms with Crippen molar-refractivity contribution in [1.29, 1.82) is 0 Å². The van der Waals surface area contributed by atoms with Crippen molar-refractivity contribution in [2.75, 3.05) is 26.4 Å². The summed E-state index contributed by atoms with van der Waals surface area (Å²) in [5, 5.41) is 2.81. The SMILES string of the molecule is CCC[C@](C)(CCCNC(=O)COc1ccccc1F)C1OCCO1. The van der Waals surface area contributed by atoms with E-state index in [1.165, 1.54) is 12.1 Å². The van der Waals surface area contributed by atoms with Gasteiger partial charge in [0.05, 0.1) is 13.2 Å². The first kappa shape index (κ1) is 19.7. The third kappa shape index (κ3) is 5.97. The molecule has 0 saturated carbocycles. The molecule has 1 heterocycles. The van der Waals surface area contributed by atoms with Crippen molar-refractivity contribution in [1.82, 2.24) is 5.32 Å². The van der Waals surface area contributed by atoms with Gasteiger partial charge in [0.15, 0.2) is 24.5 Å². The van der Waals surface area contributed by atoms with E-state index in [1.807, 2.05) is 0 Å². The summed E-state index contributed by atoms with van der Waals surface area (Å²) in [7, 11) is 0. The highest BCUT2D eigenvalue weighted by atomic mass is 19.1. The molecule has 0 unspecified atom stereocenters. The predicted molar refractivity (Wildman–Crippen MR) is 92.8 cm³/mol. The molecule has 2 rings (SSSR count). The van der Waals surface area contributed by atoms with Crippen molar-refractivity contribution in [3.05, 3.63) is 30.1 Å². The molecule has 1 atom stereocenters. The van der Waals surface area contributed by atoms with E-state index in [2.05, 4.69) is 19.2 Å². The number of ether oxygens (including phenoxy) is 3. The molecule has 0 aliphatic carbocycles. The van der Waals surface area contributed by atoms with Gasteiger partial charge in [-0.1, -0.05) is 32.4 Å². The first-order chi connectivity index (χ1) is 12.0. The van der Waals surface area contributed by atoms with Gasteiger partial charge in [-0.05, 0) is 31.4 Å². The molecule has 0 spiro atoms. The molecule has 5 nitrogen and oxygen atoms in total. The number of para-hydroxylation sites is 1. The number of rotatable bonds is 10. The van der Waals surface area contributed by atoms with Gasteiger partial charge in [-0.2, -0.15) is 0 Å². The van der Waals surface area contributed by atoms with Gasteiger partial charge in [0, 0.05) is 12.0 Å². The average Bonchev–Trinajstić information content (AvgIpc) is 3.14. The Bertz CT molecular complexity index is 548. The molecule has 1 aromatic carbocycles. The van der Waals surface area contributed by atoms with Crippen LogP contribution in [0.4, 0.5) is 4.39 Å². The Morgan fingerprint density at radius 2 is 2.04 bits per heavy atom. The van der Waals surface area contributed by atoms with Crippen LogP contribution in [0.2, 0.25) is 0 Å². The van der Waals surface area contributed by atoms with E-state index in [0.29, 0.717) is 19.8 Å². The fourth-order valence-corrected chi connectivity index (χ4v) is 3.17. The fourth-order valence-electron chi connectivity index (χ4n) is 3.17. The molecule has 1 N–H and O–H groups in total. The van der Waals surface area contributed by atoms with Crippen LogP contribution >= 0.6 is 0 Å². The molecular weight excluding hydrogens is 325 g/mol. The van der Waals surface area contributed by atoms with Crippen LogP contribution in [0.25, 0.3) is 0 Å². The third-order valence-electron chi connectivity index (χ3n) is 4.45. The lowest BCUT2D eigenvalue weighted by Crippen LogP contribution is -2.35. The molecule has 1 amide bonds. The van der Waals surface area contributed by atoms with E-state index in [4.69, 9.17) is 14.2 Å². The number of nitrogens with one attached hydrogen (secondary N) is 1. The summed E-state index contributed by atoms with van der Waals surface area (Å²) in [6, 6.07) is 6.04. The number of halogens is 1. The molecule has 0 radical (unpaired) electrons. The maximum Gasteiger partial charge on any atom is 0.257 e. The predicted octanol–water partition coefficient (Wildman–Crippen LogP) is 3.28. The number of amides is 1. The molecule has 6 heteroatoms. The van der Waals surface area contributed by atoms with Crippen molar-refractivity contribution in [3.63, 3.8) is 0 Å². The lowest BCUT2D eigenvalue weighted by molar-refractivity contribution is -0.133. The van der Waals surface area contributed by atoms with Gasteiger partial charge < -0.3 is 19.5 Å². The molecular formula is C19H28FNO4. The number of carbonyl (C=O) groups excluding carboxylic acids is 1. The molecule has 140 valence electrons. The molecule has 1 aliphatic rings. The summed E-state index contributed by atoms with van der Waals surface area (Å²) in [4.78, 5) is 11.8. The van der Waals surface area contributed by atoms with Gasteiger partial charge in [-0.25, -0.2) is 4.39 Å². The second kappa shape index (κ2) is 9.73.